The van der Waals surface area contributed by atoms with Crippen LogP contribution in [-0.2, 0) is 19.9 Å². The Morgan fingerprint density at radius 1 is 0.879 bits per heavy atom. The van der Waals surface area contributed by atoms with Crippen LogP contribution >= 0.6 is 11.6 Å². The Morgan fingerprint density at radius 2 is 1.60 bits per heavy atom. The molecule has 0 aliphatic heterocycles. The molecule has 6 rings (SSSR count). The fourth-order valence-electron chi connectivity index (χ4n) is 5.25. The van der Waals surface area contributed by atoms with Crippen molar-refractivity contribution in [3.05, 3.63) is 108 Å². The summed E-state index contributed by atoms with van der Waals surface area (Å²) in [6.45, 7) is -1.92. The van der Waals surface area contributed by atoms with Gasteiger partial charge in [0.25, 0.3) is 5.91 Å². The number of carboxylic acids is 1. The lowest BCUT2D eigenvalue weighted by Crippen LogP contribution is -2.44. The van der Waals surface area contributed by atoms with Crippen molar-refractivity contribution in [2.75, 3.05) is 29.1 Å². The van der Waals surface area contributed by atoms with Crippen molar-refractivity contribution in [1.82, 2.24) is 35.6 Å². The highest BCUT2D eigenvalue weighted by molar-refractivity contribution is 6.39. The number of anilines is 4. The first kappa shape index (κ1) is 40.6. The molecule has 0 unspecified atom stereocenters. The van der Waals surface area contributed by atoms with E-state index in [9.17, 15) is 37.5 Å². The molecule has 1 aliphatic carbocycles. The molecule has 2 aromatic carbocycles. The fourth-order valence-corrected chi connectivity index (χ4v) is 5.37. The zero-order chi connectivity index (χ0) is 41.3. The molecule has 0 saturated heterocycles. The zero-order valence-electron chi connectivity index (χ0n) is 29.9. The average molecular weight is 821 g/mol. The van der Waals surface area contributed by atoms with Gasteiger partial charge in [0, 0.05) is 35.1 Å². The number of nitrogens with zero attached hydrogens (tertiary/aromatic N) is 5. The Hall–Kier alpha value is -7.09. The van der Waals surface area contributed by atoms with Gasteiger partial charge in [-0.25, -0.2) is 9.78 Å². The number of ether oxygens (including phenoxy) is 2. The molecular weight excluding hydrogens is 789 g/mol. The molecule has 0 spiro atoms. The van der Waals surface area contributed by atoms with Gasteiger partial charge in [-0.1, -0.05) is 23.7 Å². The van der Waals surface area contributed by atoms with Gasteiger partial charge in [0.1, 0.15) is 11.8 Å². The van der Waals surface area contributed by atoms with Gasteiger partial charge in [-0.05, 0) is 79.4 Å². The number of amides is 3. The van der Waals surface area contributed by atoms with Crippen LogP contribution in [0.4, 0.5) is 36.4 Å². The number of aliphatic carboxylic acids is 1. The van der Waals surface area contributed by atoms with Crippen molar-refractivity contribution in [1.29, 1.82) is 0 Å². The number of alkyl halides is 3. The van der Waals surface area contributed by atoms with Crippen LogP contribution in [-0.4, -0.2) is 79.1 Å². The smallest absolute Gasteiger partial charge is 0.422 e. The number of hydrogen-bond donors (Lipinski definition) is 6. The minimum Gasteiger partial charge on any atom is -0.480 e. The van der Waals surface area contributed by atoms with Crippen LogP contribution in [0.2, 0.25) is 5.02 Å². The van der Waals surface area contributed by atoms with Gasteiger partial charge in [0.15, 0.2) is 6.61 Å². The van der Waals surface area contributed by atoms with E-state index in [1.807, 2.05) is 12.1 Å². The highest BCUT2D eigenvalue weighted by Crippen LogP contribution is 2.48. The molecule has 300 valence electrons. The number of hydrogen-bond acceptors (Lipinski definition) is 13. The molecule has 5 aromatic rings. The van der Waals surface area contributed by atoms with Crippen LogP contribution in [0.3, 0.4) is 0 Å². The van der Waals surface area contributed by atoms with E-state index in [-0.39, 0.29) is 42.0 Å². The van der Waals surface area contributed by atoms with E-state index in [0.29, 0.717) is 29.3 Å². The predicted octanol–water partition coefficient (Wildman–Crippen LogP) is 5.22. The maximum Gasteiger partial charge on any atom is 0.422 e. The summed E-state index contributed by atoms with van der Waals surface area (Å²) in [4.78, 5) is 69.9. The van der Waals surface area contributed by atoms with E-state index >= 15 is 0 Å². The number of carboxylic acid groups (broad SMARTS) is 1. The van der Waals surface area contributed by atoms with E-state index in [0.717, 1.165) is 5.56 Å². The Labute approximate surface area is 331 Å². The Kier molecular flexibility index (Phi) is 12.4. The van der Waals surface area contributed by atoms with Crippen LogP contribution in [0.25, 0.3) is 0 Å². The summed E-state index contributed by atoms with van der Waals surface area (Å²) < 4.78 is 49.2. The third-order valence-electron chi connectivity index (χ3n) is 8.26. The number of pyridine rings is 2. The van der Waals surface area contributed by atoms with Gasteiger partial charge >= 0.3 is 30.0 Å². The number of carbonyl (C=O) groups excluding carboxylic acids is 3. The summed E-state index contributed by atoms with van der Waals surface area (Å²) in [5.74, 6) is -3.79. The summed E-state index contributed by atoms with van der Waals surface area (Å²) in [6, 6.07) is 16.9. The Bertz CT molecular complexity index is 2250. The SMILES string of the molecule is O=C(NCC[C@H](NC(=O)c1ccc(Nc2nc(NC3(c4ccc(Cl)cc4)CC3)nc(OCC(F)(F)F)n2)cc1)C(=O)O)C(=O)Nc1ccc(Oc2cccnc2)nc1. The van der Waals surface area contributed by atoms with Crippen LogP contribution in [0.15, 0.2) is 91.4 Å². The quantitative estimate of drug-likeness (QED) is 0.0701. The molecule has 1 atom stereocenters. The number of aromatic nitrogens is 5. The summed E-state index contributed by atoms with van der Waals surface area (Å²) in [5.41, 5.74) is 0.867. The third kappa shape index (κ3) is 11.5. The van der Waals surface area contributed by atoms with Crippen LogP contribution in [0, 0.1) is 0 Å². The molecule has 21 heteroatoms. The second kappa shape index (κ2) is 17.8. The molecule has 3 heterocycles. The number of benzene rings is 2. The molecule has 17 nitrogen and oxygen atoms in total. The number of rotatable bonds is 16. The molecule has 3 aromatic heterocycles. The zero-order valence-corrected chi connectivity index (χ0v) is 30.7. The highest BCUT2D eigenvalue weighted by atomic mass is 35.5. The van der Waals surface area contributed by atoms with Gasteiger partial charge < -0.3 is 41.2 Å². The molecule has 1 aliphatic rings. The van der Waals surface area contributed by atoms with Crippen molar-refractivity contribution in [3.8, 4) is 17.6 Å². The van der Waals surface area contributed by atoms with Gasteiger partial charge in [0.05, 0.1) is 23.6 Å². The van der Waals surface area contributed by atoms with Crippen molar-refractivity contribution in [2.24, 2.45) is 0 Å². The molecule has 3 amide bonds. The summed E-state index contributed by atoms with van der Waals surface area (Å²) in [6.07, 6.45) is 0.812. The summed E-state index contributed by atoms with van der Waals surface area (Å²) in [5, 5.41) is 23.3. The van der Waals surface area contributed by atoms with Crippen LogP contribution in [0.1, 0.15) is 35.2 Å². The summed E-state index contributed by atoms with van der Waals surface area (Å²) in [7, 11) is 0. The fraction of sp³-hybridized carbons (Fsp3) is 0.216. The van der Waals surface area contributed by atoms with Crippen molar-refractivity contribution in [2.45, 2.75) is 37.0 Å². The lowest BCUT2D eigenvalue weighted by atomic mass is 10.1. The van der Waals surface area contributed by atoms with Gasteiger partial charge in [-0.2, -0.15) is 28.1 Å². The largest absolute Gasteiger partial charge is 0.480 e. The topological polar surface area (TPSA) is 232 Å². The molecule has 6 N–H and O–H groups in total. The average Bonchev–Trinajstić information content (AvgIpc) is 3.98. The standard InChI is InChI=1S/C37H32ClF3N10O7/c38-23-7-5-22(6-8-23)36(14-15-36)51-34-48-33(49-35(50-34)57-20-37(39,40)41)46-24-9-3-21(4-10-24)29(52)47-27(32(55)56)13-17-43-30(53)31(54)45-25-11-12-28(44-18-25)58-26-2-1-16-42-19-26/h1-12,16,18-19,27H,13-15,17,20H2,(H,43,53)(H,45,54)(H,47,52)(H,55,56)(H2,46,48,49,50,51)/t27-/m0/s1. The minimum atomic E-state index is -4.65. The lowest BCUT2D eigenvalue weighted by Gasteiger charge is -2.19. The maximum atomic E-state index is 13.0. The maximum absolute atomic E-state index is 13.0. The monoisotopic (exact) mass is 820 g/mol. The van der Waals surface area contributed by atoms with E-state index in [2.05, 4.69) is 51.5 Å². The van der Waals surface area contributed by atoms with E-state index < -0.39 is 54.1 Å². The van der Waals surface area contributed by atoms with Crippen LogP contribution in [0.5, 0.6) is 17.6 Å². The van der Waals surface area contributed by atoms with Crippen LogP contribution < -0.4 is 36.1 Å². The third-order valence-corrected chi connectivity index (χ3v) is 8.51. The van der Waals surface area contributed by atoms with Gasteiger partial charge in [-0.3, -0.25) is 19.4 Å². The first-order valence-corrected chi connectivity index (χ1v) is 17.7. The number of carbonyl (C=O) groups is 4. The minimum absolute atomic E-state index is 0.0507. The second-order valence-corrected chi connectivity index (χ2v) is 13.1. The molecule has 58 heavy (non-hydrogen) atoms. The van der Waals surface area contributed by atoms with Crippen molar-refractivity contribution < 1.29 is 46.9 Å². The van der Waals surface area contributed by atoms with Crippen molar-refractivity contribution >= 4 is 58.6 Å². The highest BCUT2D eigenvalue weighted by Gasteiger charge is 2.45. The van der Waals surface area contributed by atoms with E-state index in [4.69, 9.17) is 21.1 Å². The number of halogens is 4. The van der Waals surface area contributed by atoms with E-state index in [1.165, 1.54) is 48.8 Å². The van der Waals surface area contributed by atoms with Crippen molar-refractivity contribution in [3.63, 3.8) is 0 Å². The Morgan fingerprint density at radius 3 is 2.24 bits per heavy atom. The van der Waals surface area contributed by atoms with Gasteiger partial charge in [0.2, 0.25) is 17.8 Å². The first-order valence-electron chi connectivity index (χ1n) is 17.3. The van der Waals surface area contributed by atoms with Gasteiger partial charge in [-0.15, -0.1) is 0 Å². The second-order valence-electron chi connectivity index (χ2n) is 12.6. The molecule has 1 fully saturated rings. The summed E-state index contributed by atoms with van der Waals surface area (Å²) >= 11 is 6.02. The molecule has 1 saturated carbocycles. The van der Waals surface area contributed by atoms with E-state index in [1.54, 1.807) is 30.5 Å². The first-order chi connectivity index (χ1) is 27.7. The Balaban J connectivity index is 1.01. The molecule has 0 radical (unpaired) electrons. The lowest BCUT2D eigenvalue weighted by molar-refractivity contribution is -0.154. The number of nitrogens with one attached hydrogen (secondary N) is 5. The molecular formula is C37H32ClF3N10O7. The predicted molar refractivity (Wildman–Crippen MR) is 201 cm³/mol. The molecule has 0 bridgehead atoms. The normalized spacial score (nSPS) is 13.3.